The summed E-state index contributed by atoms with van der Waals surface area (Å²) < 4.78 is 63.8. The molecular weight excluding hydrogens is 346 g/mol. The van der Waals surface area contributed by atoms with Crippen LogP contribution in [0, 0.1) is 0 Å². The van der Waals surface area contributed by atoms with E-state index in [1.165, 1.54) is 13.8 Å². The Labute approximate surface area is 136 Å². The maximum absolute atomic E-state index is 11.4. The lowest BCUT2D eigenvalue weighted by Gasteiger charge is -2.31. The predicted octanol–water partition coefficient (Wildman–Crippen LogP) is 0.750. The van der Waals surface area contributed by atoms with Gasteiger partial charge in [-0.05, 0) is 25.0 Å². The number of hydrogen-bond acceptors (Lipinski definition) is 7. The fourth-order valence-corrected chi connectivity index (χ4v) is 3.11. The molecule has 0 spiro atoms. The molecule has 0 saturated carbocycles. The fraction of sp³-hybridized carbons (Fsp3) is 0.500. The second kappa shape index (κ2) is 8.04. The van der Waals surface area contributed by atoms with Crippen LogP contribution in [0.15, 0.2) is 30.3 Å². The van der Waals surface area contributed by atoms with Gasteiger partial charge in [0.25, 0.3) is 20.2 Å². The van der Waals surface area contributed by atoms with Gasteiger partial charge in [-0.2, -0.15) is 27.7 Å². The zero-order valence-electron chi connectivity index (χ0n) is 12.7. The summed E-state index contributed by atoms with van der Waals surface area (Å²) in [6.07, 6.45) is 0.0685. The molecule has 1 rings (SSSR count). The lowest BCUT2D eigenvalue weighted by atomic mass is 10.3. The van der Waals surface area contributed by atoms with Crippen molar-refractivity contribution in [3.63, 3.8) is 0 Å². The maximum atomic E-state index is 11.4. The van der Waals surface area contributed by atoms with Crippen molar-refractivity contribution in [3.8, 4) is 0 Å². The number of para-hydroxylation sites is 1. The van der Waals surface area contributed by atoms with Crippen LogP contribution in [0.5, 0.6) is 0 Å². The van der Waals surface area contributed by atoms with Crippen molar-refractivity contribution in [2.75, 3.05) is 5.12 Å². The first-order valence-corrected chi connectivity index (χ1v) is 9.90. The monoisotopic (exact) mass is 367 g/mol. The lowest BCUT2D eigenvalue weighted by Crippen LogP contribution is -2.59. The summed E-state index contributed by atoms with van der Waals surface area (Å²) in [7, 11) is -8.80. The molecule has 1 aromatic carbocycles. The highest BCUT2D eigenvalue weighted by Crippen LogP contribution is 2.13. The quantitative estimate of drug-likeness (QED) is 0.368. The minimum atomic E-state index is -4.40. The number of hydrazine groups is 2. The van der Waals surface area contributed by atoms with Crippen LogP contribution in [0.25, 0.3) is 0 Å². The molecule has 0 heterocycles. The molecule has 2 atom stereocenters. The van der Waals surface area contributed by atoms with E-state index in [-0.39, 0.29) is 12.8 Å². The first kappa shape index (κ1) is 19.8. The van der Waals surface area contributed by atoms with E-state index in [0.717, 1.165) is 5.12 Å². The fourth-order valence-electron chi connectivity index (χ4n) is 1.79. The molecule has 23 heavy (non-hydrogen) atoms. The highest BCUT2D eigenvalue weighted by Gasteiger charge is 2.28. The summed E-state index contributed by atoms with van der Waals surface area (Å²) in [5.41, 5.74) is 5.41. The number of nitrogens with zero attached hydrogens (tertiary/aromatic N) is 1. The van der Waals surface area contributed by atoms with E-state index >= 15 is 0 Å². The van der Waals surface area contributed by atoms with E-state index in [1.807, 2.05) is 0 Å². The van der Waals surface area contributed by atoms with Crippen LogP contribution in [0.4, 0.5) is 5.69 Å². The molecule has 4 N–H and O–H groups in total. The smallest absolute Gasteiger partial charge is 0.282 e. The average molecular weight is 367 g/mol. The number of benzene rings is 1. The van der Waals surface area contributed by atoms with Crippen LogP contribution in [0.2, 0.25) is 0 Å². The highest BCUT2D eigenvalue weighted by atomic mass is 32.2. The zero-order chi connectivity index (χ0) is 17.7. The molecule has 0 aromatic heterocycles. The average Bonchev–Trinajstić information content (AvgIpc) is 2.45. The van der Waals surface area contributed by atoms with Gasteiger partial charge in [0, 0.05) is 0 Å². The third kappa shape index (κ3) is 6.05. The van der Waals surface area contributed by atoms with E-state index in [9.17, 15) is 25.9 Å². The van der Waals surface area contributed by atoms with Crippen molar-refractivity contribution in [2.24, 2.45) is 0 Å². The van der Waals surface area contributed by atoms with Crippen LogP contribution < -0.4 is 16.0 Å². The van der Waals surface area contributed by atoms with Gasteiger partial charge in [-0.3, -0.25) is 9.11 Å². The standard InChI is InChI=1S/C12H21N3O6S2/c1-3-11(22(16,17)18)13-15(10-8-6-5-7-9-10)14-12(4-2)23(19,20)21/h5-9,11-14H,3-4H2,1-2H3,(H,16,17,18)(H,19,20,21). The largest absolute Gasteiger partial charge is 0.284 e. The Bertz CT molecular complexity index is 651. The summed E-state index contributed by atoms with van der Waals surface area (Å²) >= 11 is 0. The Kier molecular flexibility index (Phi) is 6.92. The molecule has 11 heteroatoms. The Hall–Kier alpha value is -1.24. The van der Waals surface area contributed by atoms with Crippen molar-refractivity contribution in [1.29, 1.82) is 0 Å². The molecular formula is C12H21N3O6S2. The van der Waals surface area contributed by atoms with Gasteiger partial charge in [-0.25, -0.2) is 5.12 Å². The second-order valence-electron chi connectivity index (χ2n) is 4.75. The van der Waals surface area contributed by atoms with E-state index < -0.39 is 31.0 Å². The molecule has 132 valence electrons. The molecule has 0 aliphatic heterocycles. The molecule has 0 aliphatic rings. The molecule has 0 aliphatic carbocycles. The number of rotatable bonds is 9. The minimum Gasteiger partial charge on any atom is -0.284 e. The van der Waals surface area contributed by atoms with Crippen molar-refractivity contribution in [1.82, 2.24) is 10.9 Å². The van der Waals surface area contributed by atoms with Crippen LogP contribution in [0.1, 0.15) is 26.7 Å². The van der Waals surface area contributed by atoms with Gasteiger partial charge in [-0.15, -0.1) is 0 Å². The predicted molar refractivity (Wildman–Crippen MR) is 86.4 cm³/mol. The number of nitrogens with one attached hydrogen (secondary N) is 2. The van der Waals surface area contributed by atoms with Gasteiger partial charge in [-0.1, -0.05) is 32.0 Å². The molecule has 0 fully saturated rings. The molecule has 1 aromatic rings. The van der Waals surface area contributed by atoms with Crippen molar-refractivity contribution in [3.05, 3.63) is 30.3 Å². The van der Waals surface area contributed by atoms with Crippen LogP contribution >= 0.6 is 0 Å². The Morgan fingerprint density at radius 1 is 0.913 bits per heavy atom. The molecule has 0 bridgehead atoms. The van der Waals surface area contributed by atoms with Crippen molar-refractivity contribution >= 4 is 25.9 Å². The third-order valence-electron chi connectivity index (χ3n) is 3.02. The Balaban J connectivity index is 3.13. The van der Waals surface area contributed by atoms with Gasteiger partial charge in [0.05, 0.1) is 5.69 Å². The van der Waals surface area contributed by atoms with Crippen LogP contribution in [-0.4, -0.2) is 36.7 Å². The van der Waals surface area contributed by atoms with E-state index in [4.69, 9.17) is 0 Å². The van der Waals surface area contributed by atoms with Crippen LogP contribution in [0.3, 0.4) is 0 Å². The van der Waals surface area contributed by atoms with E-state index in [2.05, 4.69) is 10.9 Å². The normalized spacial score (nSPS) is 15.1. The van der Waals surface area contributed by atoms with Crippen molar-refractivity contribution < 1.29 is 25.9 Å². The summed E-state index contributed by atoms with van der Waals surface area (Å²) in [6, 6.07) is 8.23. The lowest BCUT2D eigenvalue weighted by molar-refractivity contribution is 0.401. The molecule has 0 radical (unpaired) electrons. The van der Waals surface area contributed by atoms with Gasteiger partial charge < -0.3 is 0 Å². The van der Waals surface area contributed by atoms with E-state index in [1.54, 1.807) is 30.3 Å². The van der Waals surface area contributed by atoms with Gasteiger partial charge in [0.15, 0.2) is 10.7 Å². The molecule has 2 unspecified atom stereocenters. The summed E-state index contributed by atoms with van der Waals surface area (Å²) in [6.45, 7) is 3.07. The highest BCUT2D eigenvalue weighted by molar-refractivity contribution is 7.86. The molecule has 9 nitrogen and oxygen atoms in total. The number of hydrogen-bond donors (Lipinski definition) is 4. The van der Waals surface area contributed by atoms with Gasteiger partial charge >= 0.3 is 0 Å². The SMILES string of the molecule is CCC(NN(NC(CC)S(=O)(=O)O)c1ccccc1)S(=O)(=O)O. The summed E-state index contributed by atoms with van der Waals surface area (Å²) in [5.74, 6) is 0. The van der Waals surface area contributed by atoms with Crippen LogP contribution in [-0.2, 0) is 20.2 Å². The summed E-state index contributed by atoms with van der Waals surface area (Å²) in [5, 5.41) is -1.65. The molecule has 0 amide bonds. The molecule has 0 saturated heterocycles. The topological polar surface area (TPSA) is 136 Å². The Morgan fingerprint density at radius 2 is 1.30 bits per heavy atom. The second-order valence-corrected chi connectivity index (χ2v) is 7.95. The van der Waals surface area contributed by atoms with E-state index in [0.29, 0.717) is 5.69 Å². The van der Waals surface area contributed by atoms with Crippen molar-refractivity contribution in [2.45, 2.75) is 37.4 Å². The minimum absolute atomic E-state index is 0.0342. The summed E-state index contributed by atoms with van der Waals surface area (Å²) in [4.78, 5) is 0. The van der Waals surface area contributed by atoms with Gasteiger partial charge in [0.2, 0.25) is 0 Å². The zero-order valence-corrected chi connectivity index (χ0v) is 14.4. The first-order valence-electron chi connectivity index (χ1n) is 6.89. The maximum Gasteiger partial charge on any atom is 0.282 e. The first-order chi connectivity index (χ1) is 10.6. The van der Waals surface area contributed by atoms with Gasteiger partial charge in [0.1, 0.15) is 0 Å². The third-order valence-corrected chi connectivity index (χ3v) is 5.34. The number of anilines is 1. The Morgan fingerprint density at radius 3 is 1.61 bits per heavy atom.